The van der Waals surface area contributed by atoms with E-state index < -0.39 is 0 Å². The van der Waals surface area contributed by atoms with Crippen LogP contribution in [0.1, 0.15) is 71.1 Å². The minimum absolute atomic E-state index is 0.120. The van der Waals surface area contributed by atoms with Crippen LogP contribution in [0.4, 0.5) is 10.8 Å². The zero-order valence-corrected chi connectivity index (χ0v) is 20.5. The van der Waals surface area contributed by atoms with Gasteiger partial charge in [-0.25, -0.2) is 4.98 Å². The Morgan fingerprint density at radius 1 is 1.00 bits per heavy atom. The zero-order valence-electron chi connectivity index (χ0n) is 19.7. The van der Waals surface area contributed by atoms with Crippen molar-refractivity contribution in [2.75, 3.05) is 10.6 Å². The highest BCUT2D eigenvalue weighted by Crippen LogP contribution is 2.63. The van der Waals surface area contributed by atoms with Crippen molar-refractivity contribution in [1.82, 2.24) is 4.98 Å². The Balaban J connectivity index is 1.34. The third kappa shape index (κ3) is 3.47. The predicted molar refractivity (Wildman–Crippen MR) is 129 cm³/mol. The van der Waals surface area contributed by atoms with E-state index >= 15 is 0 Å². The molecule has 5 nitrogen and oxygen atoms in total. The van der Waals surface area contributed by atoms with E-state index in [1.165, 1.54) is 36.2 Å². The molecule has 4 aliphatic rings. The number of hydrogen-bond acceptors (Lipinski definition) is 4. The molecule has 0 aliphatic heterocycles. The first kappa shape index (κ1) is 21.6. The number of aromatic nitrogens is 1. The van der Waals surface area contributed by atoms with Crippen LogP contribution in [0.25, 0.3) is 0 Å². The third-order valence-electron chi connectivity index (χ3n) is 8.41. The fourth-order valence-electron chi connectivity index (χ4n) is 7.12. The number of carbonyl (C=O) groups excluding carboxylic acids is 2. The van der Waals surface area contributed by atoms with Gasteiger partial charge < -0.3 is 10.6 Å². The van der Waals surface area contributed by atoms with E-state index in [9.17, 15) is 9.59 Å². The summed E-state index contributed by atoms with van der Waals surface area (Å²) in [6.07, 6.45) is 5.92. The summed E-state index contributed by atoms with van der Waals surface area (Å²) in [6, 6.07) is 4.14. The largest absolute Gasteiger partial charge is 0.321 e. The Kier molecular flexibility index (Phi) is 5.19. The average molecular weight is 452 g/mol. The lowest BCUT2D eigenvalue weighted by Gasteiger charge is -2.59. The fraction of sp³-hybridized carbons (Fsp3) is 0.577. The van der Waals surface area contributed by atoms with E-state index in [2.05, 4.69) is 41.6 Å². The molecule has 4 fully saturated rings. The highest BCUT2D eigenvalue weighted by atomic mass is 32.1. The lowest BCUT2D eigenvalue weighted by Crippen LogP contribution is -2.56. The number of carbonyl (C=O) groups is 2. The van der Waals surface area contributed by atoms with Crippen LogP contribution in [0.15, 0.2) is 12.1 Å². The highest BCUT2D eigenvalue weighted by molar-refractivity contribution is 7.17. The van der Waals surface area contributed by atoms with Gasteiger partial charge in [0.15, 0.2) is 5.13 Å². The number of benzene rings is 1. The first-order chi connectivity index (χ1) is 15.2. The number of nitrogens with one attached hydrogen (secondary N) is 2. The maximum Gasteiger partial charge on any atom is 0.267 e. The van der Waals surface area contributed by atoms with Gasteiger partial charge in [-0.05, 0) is 94.6 Å². The molecule has 170 valence electrons. The number of thiazole rings is 1. The molecule has 6 heteroatoms. The second kappa shape index (κ2) is 7.68. The fourth-order valence-corrected chi connectivity index (χ4v) is 7.97. The molecular formula is C26H33N3O2S. The van der Waals surface area contributed by atoms with Gasteiger partial charge in [0.2, 0.25) is 5.91 Å². The third-order valence-corrected chi connectivity index (χ3v) is 9.49. The number of rotatable bonds is 4. The monoisotopic (exact) mass is 451 g/mol. The molecule has 3 atom stereocenters. The van der Waals surface area contributed by atoms with Crippen LogP contribution in [0.5, 0.6) is 0 Å². The van der Waals surface area contributed by atoms with E-state index in [0.29, 0.717) is 39.4 Å². The van der Waals surface area contributed by atoms with E-state index in [4.69, 9.17) is 0 Å². The lowest BCUT2D eigenvalue weighted by molar-refractivity contribution is -0.151. The summed E-state index contributed by atoms with van der Waals surface area (Å²) in [5.74, 6) is 2.47. The molecule has 0 radical (unpaired) electrons. The van der Waals surface area contributed by atoms with Crippen LogP contribution in [-0.4, -0.2) is 16.8 Å². The van der Waals surface area contributed by atoms with Crippen molar-refractivity contribution in [2.24, 2.45) is 29.1 Å². The number of nitrogens with zero attached hydrogens (tertiary/aromatic N) is 1. The van der Waals surface area contributed by atoms with E-state index in [1.807, 2.05) is 20.8 Å². The van der Waals surface area contributed by atoms with Gasteiger partial charge in [-0.2, -0.15) is 0 Å². The van der Waals surface area contributed by atoms with E-state index in [-0.39, 0.29) is 17.2 Å². The Bertz CT molecular complexity index is 1070. The first-order valence-corrected chi connectivity index (χ1v) is 12.7. The van der Waals surface area contributed by atoms with Crippen molar-refractivity contribution < 1.29 is 9.59 Å². The Morgan fingerprint density at radius 3 is 2.25 bits per heavy atom. The molecule has 6 rings (SSSR count). The normalized spacial score (nSPS) is 30.4. The minimum Gasteiger partial charge on any atom is -0.321 e. The smallest absolute Gasteiger partial charge is 0.267 e. The summed E-state index contributed by atoms with van der Waals surface area (Å²) < 4.78 is 0. The second-order valence-corrected chi connectivity index (χ2v) is 11.7. The number of aryl methyl sites for hydroxylation is 4. The van der Waals surface area contributed by atoms with Crippen molar-refractivity contribution in [1.29, 1.82) is 0 Å². The number of amides is 2. The van der Waals surface area contributed by atoms with Gasteiger partial charge in [0.25, 0.3) is 5.91 Å². The SMILES string of the molecule is Cc1cc(C)c(NC(=O)c2sc(NC(=O)C34CC5CC(CC(C5)C3C)C4)nc2C)c(C)c1. The Labute approximate surface area is 194 Å². The molecule has 4 aliphatic carbocycles. The maximum atomic E-state index is 13.5. The predicted octanol–water partition coefficient (Wildman–Crippen LogP) is 6.03. The standard InChI is InChI=1S/C26H33N3O2S/c1-13-6-14(2)21(15(3)7-13)28-23(30)22-17(5)27-25(32-22)29-24(31)26-11-18-8-19(12-26)10-20(9-18)16(26)4/h6-7,16,18-20H,8-12H2,1-5H3,(H,28,30)(H,27,29,31). The molecule has 1 heterocycles. The van der Waals surface area contributed by atoms with Crippen LogP contribution < -0.4 is 10.6 Å². The molecule has 32 heavy (non-hydrogen) atoms. The molecule has 4 saturated carbocycles. The summed E-state index contributed by atoms with van der Waals surface area (Å²) in [4.78, 5) is 31.7. The molecular weight excluding hydrogens is 418 g/mol. The maximum absolute atomic E-state index is 13.5. The van der Waals surface area contributed by atoms with Crippen LogP contribution in [-0.2, 0) is 4.79 Å². The molecule has 2 N–H and O–H groups in total. The lowest BCUT2D eigenvalue weighted by atomic mass is 9.45. The summed E-state index contributed by atoms with van der Waals surface area (Å²) in [6.45, 7) is 10.2. The summed E-state index contributed by atoms with van der Waals surface area (Å²) in [5.41, 5.74) is 4.51. The Morgan fingerprint density at radius 2 is 1.62 bits per heavy atom. The molecule has 0 saturated heterocycles. The summed E-state index contributed by atoms with van der Waals surface area (Å²) >= 11 is 1.28. The van der Waals surface area contributed by atoms with Crippen molar-refractivity contribution in [2.45, 2.75) is 66.7 Å². The summed E-state index contributed by atoms with van der Waals surface area (Å²) in [7, 11) is 0. The van der Waals surface area contributed by atoms with Crippen molar-refractivity contribution in [3.05, 3.63) is 39.4 Å². The Hall–Kier alpha value is -2.21. The van der Waals surface area contributed by atoms with Gasteiger partial charge >= 0.3 is 0 Å². The van der Waals surface area contributed by atoms with E-state index in [1.54, 1.807) is 0 Å². The van der Waals surface area contributed by atoms with Crippen molar-refractivity contribution in [3.63, 3.8) is 0 Å². The van der Waals surface area contributed by atoms with Gasteiger partial charge in [0.05, 0.1) is 11.1 Å². The molecule has 0 spiro atoms. The van der Waals surface area contributed by atoms with Crippen LogP contribution in [0.3, 0.4) is 0 Å². The van der Waals surface area contributed by atoms with Crippen LogP contribution in [0, 0.1) is 56.8 Å². The zero-order chi connectivity index (χ0) is 22.8. The average Bonchev–Trinajstić information content (AvgIpc) is 3.08. The minimum atomic E-state index is -0.257. The first-order valence-electron chi connectivity index (χ1n) is 11.8. The topological polar surface area (TPSA) is 71.1 Å². The van der Waals surface area contributed by atoms with Crippen LogP contribution in [0.2, 0.25) is 0 Å². The molecule has 2 amide bonds. The molecule has 1 aromatic heterocycles. The van der Waals surface area contributed by atoms with Crippen LogP contribution >= 0.6 is 11.3 Å². The second-order valence-electron chi connectivity index (χ2n) is 10.7. The molecule has 3 unspecified atom stereocenters. The number of hydrogen-bond donors (Lipinski definition) is 2. The van der Waals surface area contributed by atoms with Gasteiger partial charge in [-0.1, -0.05) is 36.0 Å². The summed E-state index contributed by atoms with van der Waals surface area (Å²) in [5, 5.41) is 6.73. The van der Waals surface area contributed by atoms with Gasteiger partial charge in [-0.15, -0.1) is 0 Å². The van der Waals surface area contributed by atoms with E-state index in [0.717, 1.165) is 29.7 Å². The molecule has 2 aromatic rings. The van der Waals surface area contributed by atoms with Crippen molar-refractivity contribution in [3.8, 4) is 0 Å². The number of anilines is 2. The van der Waals surface area contributed by atoms with Gasteiger partial charge in [0, 0.05) is 5.69 Å². The highest BCUT2D eigenvalue weighted by Gasteiger charge is 2.58. The van der Waals surface area contributed by atoms with Crippen molar-refractivity contribution >= 4 is 34.0 Å². The molecule has 4 bridgehead atoms. The quantitative estimate of drug-likeness (QED) is 0.596. The molecule has 1 aromatic carbocycles. The van der Waals surface area contributed by atoms with Gasteiger partial charge in [0.1, 0.15) is 4.88 Å². The van der Waals surface area contributed by atoms with Gasteiger partial charge in [-0.3, -0.25) is 9.59 Å².